The minimum atomic E-state index is -0.286. The topological polar surface area (TPSA) is 72.9 Å². The van der Waals surface area contributed by atoms with Crippen LogP contribution in [0.15, 0.2) is 54.6 Å². The zero-order chi connectivity index (χ0) is 20.8. The zero-order valence-electron chi connectivity index (χ0n) is 17.0. The van der Waals surface area contributed by atoms with Crippen LogP contribution in [0.25, 0.3) is 0 Å². The predicted molar refractivity (Wildman–Crippen MR) is 113 cm³/mol. The molecule has 29 heavy (non-hydrogen) atoms. The molecule has 1 aliphatic rings. The Morgan fingerprint density at radius 2 is 1.86 bits per heavy atom. The van der Waals surface area contributed by atoms with E-state index in [1.165, 1.54) is 0 Å². The van der Waals surface area contributed by atoms with Gasteiger partial charge in [0.25, 0.3) is 5.91 Å². The summed E-state index contributed by atoms with van der Waals surface area (Å²) in [7, 11) is 3.43. The first-order valence-corrected chi connectivity index (χ1v) is 10.00. The largest absolute Gasteiger partial charge is 0.392 e. The Morgan fingerprint density at radius 3 is 2.45 bits per heavy atom. The third kappa shape index (κ3) is 5.43. The van der Waals surface area contributed by atoms with E-state index in [4.69, 9.17) is 0 Å². The zero-order valence-corrected chi connectivity index (χ0v) is 17.0. The van der Waals surface area contributed by atoms with Crippen molar-refractivity contribution in [2.24, 2.45) is 0 Å². The third-order valence-corrected chi connectivity index (χ3v) is 5.52. The summed E-state index contributed by atoms with van der Waals surface area (Å²) in [6.45, 7) is 2.18. The Balaban J connectivity index is 1.71. The summed E-state index contributed by atoms with van der Waals surface area (Å²) in [5, 5.41) is 12.4. The van der Waals surface area contributed by atoms with Crippen molar-refractivity contribution in [3.63, 3.8) is 0 Å². The van der Waals surface area contributed by atoms with E-state index >= 15 is 0 Å². The van der Waals surface area contributed by atoms with Crippen molar-refractivity contribution in [2.75, 3.05) is 33.7 Å². The Labute approximate surface area is 172 Å². The fourth-order valence-electron chi connectivity index (χ4n) is 3.74. The van der Waals surface area contributed by atoms with Crippen LogP contribution in [0.4, 0.5) is 0 Å². The molecule has 0 radical (unpaired) electrons. The van der Waals surface area contributed by atoms with Gasteiger partial charge in [-0.1, -0.05) is 42.5 Å². The van der Waals surface area contributed by atoms with Crippen molar-refractivity contribution in [3.8, 4) is 0 Å². The maximum atomic E-state index is 13.0. The van der Waals surface area contributed by atoms with Gasteiger partial charge >= 0.3 is 0 Å². The number of likely N-dealkylation sites (tertiary alicyclic amines) is 1. The average molecular weight is 396 g/mol. The normalized spacial score (nSPS) is 17.7. The highest BCUT2D eigenvalue weighted by Gasteiger charge is 2.28. The van der Waals surface area contributed by atoms with Gasteiger partial charge in [-0.15, -0.1) is 0 Å². The molecule has 154 valence electrons. The summed E-state index contributed by atoms with van der Waals surface area (Å²) in [5.74, 6) is -0.122. The number of aliphatic hydroxyl groups excluding tert-OH is 1. The first kappa shape index (κ1) is 21.0. The summed E-state index contributed by atoms with van der Waals surface area (Å²) >= 11 is 0. The van der Waals surface area contributed by atoms with Crippen molar-refractivity contribution in [1.29, 1.82) is 0 Å². The molecule has 2 atom stereocenters. The SMILES string of the molecule is CNC(=O)c1ccc(CC(=O)N(C)C(CN2CCC(O)C2)c2ccccc2)cc1. The van der Waals surface area contributed by atoms with E-state index < -0.39 is 0 Å². The van der Waals surface area contributed by atoms with Crippen molar-refractivity contribution >= 4 is 11.8 Å². The van der Waals surface area contributed by atoms with Crippen molar-refractivity contribution in [3.05, 3.63) is 71.3 Å². The van der Waals surface area contributed by atoms with Gasteiger partial charge in [0.15, 0.2) is 0 Å². The molecule has 2 amide bonds. The molecular weight excluding hydrogens is 366 g/mol. The second-order valence-corrected chi connectivity index (χ2v) is 7.59. The molecule has 2 N–H and O–H groups in total. The number of aliphatic hydroxyl groups is 1. The molecule has 0 saturated carbocycles. The Bertz CT molecular complexity index is 823. The first-order valence-electron chi connectivity index (χ1n) is 10.00. The molecule has 0 bridgehead atoms. The lowest BCUT2D eigenvalue weighted by atomic mass is 10.0. The molecule has 1 fully saturated rings. The monoisotopic (exact) mass is 395 g/mol. The predicted octanol–water partition coefficient (Wildman–Crippen LogP) is 1.86. The summed E-state index contributed by atoms with van der Waals surface area (Å²) in [4.78, 5) is 28.7. The molecule has 3 rings (SSSR count). The molecule has 0 aliphatic carbocycles. The van der Waals surface area contributed by atoms with Crippen LogP contribution >= 0.6 is 0 Å². The van der Waals surface area contributed by atoms with Gasteiger partial charge in [-0.25, -0.2) is 0 Å². The lowest BCUT2D eigenvalue weighted by Crippen LogP contribution is -2.39. The van der Waals surface area contributed by atoms with Crippen molar-refractivity contribution in [1.82, 2.24) is 15.1 Å². The highest BCUT2D eigenvalue weighted by Crippen LogP contribution is 2.24. The van der Waals surface area contributed by atoms with E-state index in [1.54, 1.807) is 24.1 Å². The summed E-state index contributed by atoms with van der Waals surface area (Å²) in [6.07, 6.45) is 0.763. The van der Waals surface area contributed by atoms with Gasteiger partial charge in [-0.3, -0.25) is 14.5 Å². The van der Waals surface area contributed by atoms with Gasteiger partial charge in [0.05, 0.1) is 18.6 Å². The average Bonchev–Trinajstić information content (AvgIpc) is 3.17. The number of benzene rings is 2. The van der Waals surface area contributed by atoms with E-state index in [0.29, 0.717) is 18.7 Å². The number of nitrogens with zero attached hydrogens (tertiary/aromatic N) is 2. The lowest BCUT2D eigenvalue weighted by molar-refractivity contribution is -0.131. The van der Waals surface area contributed by atoms with Crippen LogP contribution in [0.1, 0.15) is 33.9 Å². The number of carbonyl (C=O) groups is 2. The number of amides is 2. The number of rotatable bonds is 7. The molecule has 6 nitrogen and oxygen atoms in total. The molecule has 2 unspecified atom stereocenters. The van der Waals surface area contributed by atoms with Crippen LogP contribution in [0.2, 0.25) is 0 Å². The van der Waals surface area contributed by atoms with Gasteiger partial charge in [0.1, 0.15) is 0 Å². The Morgan fingerprint density at radius 1 is 1.17 bits per heavy atom. The fourth-order valence-corrected chi connectivity index (χ4v) is 3.74. The van der Waals surface area contributed by atoms with Crippen molar-refractivity contribution < 1.29 is 14.7 Å². The van der Waals surface area contributed by atoms with Crippen LogP contribution in [-0.2, 0) is 11.2 Å². The van der Waals surface area contributed by atoms with E-state index in [2.05, 4.69) is 10.2 Å². The van der Waals surface area contributed by atoms with E-state index in [0.717, 1.165) is 24.1 Å². The van der Waals surface area contributed by atoms with Gasteiger partial charge in [-0.05, 0) is 29.7 Å². The lowest BCUT2D eigenvalue weighted by Gasteiger charge is -2.32. The quantitative estimate of drug-likeness (QED) is 0.751. The number of hydrogen-bond acceptors (Lipinski definition) is 4. The summed E-state index contributed by atoms with van der Waals surface area (Å²) < 4.78 is 0. The standard InChI is InChI=1S/C23H29N3O3/c1-24-23(29)19-10-8-17(9-11-19)14-22(28)25(2)21(18-6-4-3-5-7-18)16-26-13-12-20(27)15-26/h3-11,20-21,27H,12-16H2,1-2H3,(H,24,29). The summed E-state index contributed by atoms with van der Waals surface area (Å²) in [6, 6.07) is 17.1. The minimum absolute atomic E-state index is 0.0197. The van der Waals surface area contributed by atoms with Crippen molar-refractivity contribution in [2.45, 2.75) is 25.0 Å². The molecule has 0 aromatic heterocycles. The Hall–Kier alpha value is -2.70. The second kappa shape index (κ2) is 9.67. The third-order valence-electron chi connectivity index (χ3n) is 5.52. The van der Waals surface area contributed by atoms with Crippen LogP contribution in [0.3, 0.4) is 0 Å². The molecule has 0 spiro atoms. The Kier molecular flexibility index (Phi) is 7.01. The number of likely N-dealkylation sites (N-methyl/N-ethyl adjacent to an activating group) is 1. The minimum Gasteiger partial charge on any atom is -0.392 e. The molecule has 6 heteroatoms. The first-order chi connectivity index (χ1) is 14.0. The molecular formula is C23H29N3O3. The van der Waals surface area contributed by atoms with E-state index in [-0.39, 0.29) is 30.4 Å². The molecule has 2 aromatic rings. The van der Waals surface area contributed by atoms with Gasteiger partial charge in [0, 0.05) is 39.3 Å². The van der Waals surface area contributed by atoms with Gasteiger partial charge in [0.2, 0.25) is 5.91 Å². The van der Waals surface area contributed by atoms with Crippen LogP contribution in [0, 0.1) is 0 Å². The van der Waals surface area contributed by atoms with Gasteiger partial charge < -0.3 is 15.3 Å². The van der Waals surface area contributed by atoms with Crippen LogP contribution in [0.5, 0.6) is 0 Å². The molecule has 1 saturated heterocycles. The van der Waals surface area contributed by atoms with Gasteiger partial charge in [-0.2, -0.15) is 0 Å². The number of β-amino-alcohol motifs (C(OH)–C–C–N with tert-alkyl or cyclic N) is 1. The van der Waals surface area contributed by atoms with Crippen LogP contribution in [-0.4, -0.2) is 66.6 Å². The van der Waals surface area contributed by atoms with E-state index in [9.17, 15) is 14.7 Å². The highest BCUT2D eigenvalue weighted by atomic mass is 16.3. The maximum Gasteiger partial charge on any atom is 0.251 e. The molecule has 1 heterocycles. The smallest absolute Gasteiger partial charge is 0.251 e. The fraction of sp³-hybridized carbons (Fsp3) is 0.391. The number of hydrogen-bond donors (Lipinski definition) is 2. The second-order valence-electron chi connectivity index (χ2n) is 7.59. The molecule has 1 aliphatic heterocycles. The number of nitrogens with one attached hydrogen (secondary N) is 1. The molecule has 2 aromatic carbocycles. The number of carbonyl (C=O) groups excluding carboxylic acids is 2. The van der Waals surface area contributed by atoms with Crippen LogP contribution < -0.4 is 5.32 Å². The summed E-state index contributed by atoms with van der Waals surface area (Å²) in [5.41, 5.74) is 2.53. The van der Waals surface area contributed by atoms with E-state index in [1.807, 2.05) is 49.5 Å². The highest BCUT2D eigenvalue weighted by molar-refractivity contribution is 5.94. The maximum absolute atomic E-state index is 13.0.